The van der Waals surface area contributed by atoms with Crippen molar-refractivity contribution in [2.75, 3.05) is 47.5 Å². The predicted molar refractivity (Wildman–Crippen MR) is 298 cm³/mol. The van der Waals surface area contributed by atoms with Crippen LogP contribution in [0.5, 0.6) is 0 Å². The van der Waals surface area contributed by atoms with Crippen LogP contribution in [0.2, 0.25) is 0 Å². The molecule has 0 fully saturated rings. The molecule has 0 aliphatic carbocycles. The fraction of sp³-hybridized carbons (Fsp3) is 0.700. The zero-order valence-corrected chi connectivity index (χ0v) is 46.4. The van der Waals surface area contributed by atoms with Crippen LogP contribution in [0.1, 0.15) is 219 Å². The summed E-state index contributed by atoms with van der Waals surface area (Å²) in [6.07, 6.45) is 69.0. The first-order valence-corrected chi connectivity index (χ1v) is 29.5. The number of quaternary nitrogens is 1. The number of rotatable bonds is 50. The molecule has 0 aromatic carbocycles. The minimum Gasteiger partial charge on any atom is -0.462 e. The molecule has 2 unspecified atom stereocenters. The molecule has 0 aliphatic rings. The van der Waals surface area contributed by atoms with Crippen LogP contribution in [0.3, 0.4) is 0 Å². The lowest BCUT2D eigenvalue weighted by Gasteiger charge is -2.24. The van der Waals surface area contributed by atoms with Crippen molar-refractivity contribution in [2.45, 2.75) is 225 Å². The number of unbranched alkanes of at least 4 members (excludes halogenated alkanes) is 20. The van der Waals surface area contributed by atoms with Gasteiger partial charge in [0.25, 0.3) is 0 Å². The Kier molecular flexibility index (Phi) is 48.6. The van der Waals surface area contributed by atoms with Crippen LogP contribution < -0.4 is 0 Å². The van der Waals surface area contributed by atoms with E-state index in [1.54, 1.807) is 0 Å². The zero-order chi connectivity index (χ0) is 51.3. The summed E-state index contributed by atoms with van der Waals surface area (Å²) in [6.45, 7) is 4.28. The molecule has 0 amide bonds. The summed E-state index contributed by atoms with van der Waals surface area (Å²) in [5, 5.41) is 0. The van der Waals surface area contributed by atoms with E-state index < -0.39 is 26.5 Å². The van der Waals surface area contributed by atoms with Gasteiger partial charge in [-0.25, -0.2) is 4.57 Å². The number of ether oxygens (including phenoxy) is 2. The summed E-state index contributed by atoms with van der Waals surface area (Å²) in [5.74, 6) is -0.815. The van der Waals surface area contributed by atoms with Gasteiger partial charge in [0.2, 0.25) is 0 Å². The molecule has 0 saturated carbocycles. The van der Waals surface area contributed by atoms with Crippen LogP contribution in [-0.2, 0) is 32.7 Å². The Morgan fingerprint density at radius 1 is 0.457 bits per heavy atom. The molecular formula is C60H105NO8P+. The number of hydrogen-bond donors (Lipinski definition) is 1. The number of allylic oxidation sites excluding steroid dienone is 16. The van der Waals surface area contributed by atoms with Crippen LogP contribution in [0.4, 0.5) is 0 Å². The van der Waals surface area contributed by atoms with E-state index in [4.69, 9.17) is 18.5 Å². The van der Waals surface area contributed by atoms with Crippen molar-refractivity contribution >= 4 is 19.8 Å². The number of phosphoric ester groups is 1. The van der Waals surface area contributed by atoms with Crippen molar-refractivity contribution < 1.29 is 42.1 Å². The number of phosphoric acid groups is 1. The third-order valence-corrected chi connectivity index (χ3v) is 12.6. The van der Waals surface area contributed by atoms with Crippen molar-refractivity contribution in [3.05, 3.63) is 97.2 Å². The topological polar surface area (TPSA) is 108 Å². The number of nitrogens with zero attached hydrogens (tertiary/aromatic N) is 1. The van der Waals surface area contributed by atoms with E-state index in [1.807, 2.05) is 21.1 Å². The molecule has 70 heavy (non-hydrogen) atoms. The van der Waals surface area contributed by atoms with Gasteiger partial charge in [-0.1, -0.05) is 207 Å². The maximum absolute atomic E-state index is 12.8. The number of carbonyl (C=O) groups is 2. The molecule has 0 saturated heterocycles. The van der Waals surface area contributed by atoms with E-state index in [0.717, 1.165) is 109 Å². The second-order valence-corrected chi connectivity index (χ2v) is 21.0. The Labute approximate surface area is 430 Å². The maximum Gasteiger partial charge on any atom is 0.472 e. The van der Waals surface area contributed by atoms with E-state index in [2.05, 4.69) is 111 Å². The molecule has 0 heterocycles. The fourth-order valence-corrected chi connectivity index (χ4v) is 8.02. The van der Waals surface area contributed by atoms with E-state index in [1.165, 1.54) is 77.0 Å². The number of carbonyl (C=O) groups excluding carboxylic acids is 2. The zero-order valence-electron chi connectivity index (χ0n) is 45.5. The Morgan fingerprint density at radius 3 is 1.23 bits per heavy atom. The van der Waals surface area contributed by atoms with Gasteiger partial charge in [0.1, 0.15) is 19.8 Å². The third kappa shape index (κ3) is 54.3. The lowest BCUT2D eigenvalue weighted by molar-refractivity contribution is -0.870. The number of esters is 2. The predicted octanol–water partition coefficient (Wildman–Crippen LogP) is 17.3. The summed E-state index contributed by atoms with van der Waals surface area (Å²) < 4.78 is 34.5. The first-order valence-electron chi connectivity index (χ1n) is 28.0. The van der Waals surface area contributed by atoms with Crippen molar-refractivity contribution in [3.63, 3.8) is 0 Å². The van der Waals surface area contributed by atoms with Gasteiger partial charge in [0, 0.05) is 12.8 Å². The molecule has 9 nitrogen and oxygen atoms in total. The van der Waals surface area contributed by atoms with Gasteiger partial charge in [-0.05, 0) is 96.3 Å². The van der Waals surface area contributed by atoms with E-state index >= 15 is 0 Å². The highest BCUT2D eigenvalue weighted by Crippen LogP contribution is 2.43. The summed E-state index contributed by atoms with van der Waals surface area (Å²) in [5.41, 5.74) is 0. The number of likely N-dealkylation sites (N-methyl/N-ethyl adjacent to an activating group) is 1. The Balaban J connectivity index is 4.13. The highest BCUT2D eigenvalue weighted by Gasteiger charge is 2.27. The van der Waals surface area contributed by atoms with Crippen molar-refractivity contribution in [2.24, 2.45) is 0 Å². The van der Waals surface area contributed by atoms with E-state index in [0.29, 0.717) is 17.4 Å². The molecule has 0 aliphatic heterocycles. The van der Waals surface area contributed by atoms with Crippen LogP contribution in [0.25, 0.3) is 0 Å². The van der Waals surface area contributed by atoms with Gasteiger partial charge < -0.3 is 18.9 Å². The second kappa shape index (κ2) is 50.9. The highest BCUT2D eigenvalue weighted by molar-refractivity contribution is 7.47. The standard InChI is InChI=1S/C60H104NO8P/c1-6-8-10-12-14-16-18-20-21-22-23-24-25-26-27-28-29-30-31-32-33-34-35-36-37-38-39-41-43-45-47-49-51-53-60(63)69-58(57-68-70(64,65)67-55-54-61(3,4)5)56-66-59(62)52-50-48-46-44-42-40-19-17-15-13-11-9-7-2/h8,10,14,16-17,19-21,23-24,26-27,29-30,32-33,58H,6-7,9,11-13,15,18,22,25,28,31,34-57H2,1-5H3/p+1/b10-8-,16-14-,19-17-,21-20-,24-23-,27-26-,30-29-,33-32-. The van der Waals surface area contributed by atoms with Crippen LogP contribution >= 0.6 is 7.82 Å². The van der Waals surface area contributed by atoms with Crippen LogP contribution in [-0.4, -0.2) is 74.9 Å². The quantitative estimate of drug-likeness (QED) is 0.0211. The summed E-state index contributed by atoms with van der Waals surface area (Å²) in [7, 11) is 1.46. The van der Waals surface area contributed by atoms with E-state index in [9.17, 15) is 19.0 Å². The first-order chi connectivity index (χ1) is 34.0. The fourth-order valence-electron chi connectivity index (χ4n) is 7.28. The summed E-state index contributed by atoms with van der Waals surface area (Å²) in [6, 6.07) is 0. The second-order valence-electron chi connectivity index (χ2n) is 19.6. The lowest BCUT2D eigenvalue weighted by atomic mass is 10.0. The number of hydrogen-bond acceptors (Lipinski definition) is 7. The monoisotopic (exact) mass is 999 g/mol. The van der Waals surface area contributed by atoms with Crippen molar-refractivity contribution in [1.29, 1.82) is 0 Å². The van der Waals surface area contributed by atoms with E-state index in [-0.39, 0.29) is 32.0 Å². The van der Waals surface area contributed by atoms with Gasteiger partial charge in [0.15, 0.2) is 6.10 Å². The van der Waals surface area contributed by atoms with Gasteiger partial charge in [-0.3, -0.25) is 18.6 Å². The summed E-state index contributed by atoms with van der Waals surface area (Å²) in [4.78, 5) is 35.6. The molecule has 402 valence electrons. The lowest BCUT2D eigenvalue weighted by Crippen LogP contribution is -2.37. The maximum atomic E-state index is 12.8. The average Bonchev–Trinajstić information content (AvgIpc) is 3.32. The molecular weight excluding hydrogens is 894 g/mol. The Morgan fingerprint density at radius 2 is 0.814 bits per heavy atom. The minimum absolute atomic E-state index is 0.0261. The molecule has 10 heteroatoms. The molecule has 2 atom stereocenters. The van der Waals surface area contributed by atoms with Crippen molar-refractivity contribution in [1.82, 2.24) is 0 Å². The van der Waals surface area contributed by atoms with Gasteiger partial charge in [-0.2, -0.15) is 0 Å². The normalized spacial score (nSPS) is 14.1. The molecule has 0 bridgehead atoms. The van der Waals surface area contributed by atoms with Gasteiger partial charge in [-0.15, -0.1) is 0 Å². The third-order valence-electron chi connectivity index (χ3n) is 11.6. The summed E-state index contributed by atoms with van der Waals surface area (Å²) >= 11 is 0. The van der Waals surface area contributed by atoms with Gasteiger partial charge in [0.05, 0.1) is 27.7 Å². The highest BCUT2D eigenvalue weighted by atomic mass is 31.2. The smallest absolute Gasteiger partial charge is 0.462 e. The first kappa shape index (κ1) is 66.9. The minimum atomic E-state index is -4.39. The van der Waals surface area contributed by atoms with Gasteiger partial charge >= 0.3 is 19.8 Å². The Bertz CT molecular complexity index is 1500. The average molecular weight is 999 g/mol. The molecule has 0 rings (SSSR count). The molecule has 0 radical (unpaired) electrons. The molecule has 0 spiro atoms. The van der Waals surface area contributed by atoms with Crippen molar-refractivity contribution in [3.8, 4) is 0 Å². The molecule has 1 N–H and O–H groups in total. The van der Waals surface area contributed by atoms with Crippen LogP contribution in [0, 0.1) is 0 Å². The molecule has 0 aromatic heterocycles. The molecule has 0 aromatic rings. The van der Waals surface area contributed by atoms with Crippen LogP contribution in [0.15, 0.2) is 97.2 Å². The SMILES string of the molecule is CC/C=C\C/C=C\C/C=C\C/C=C\C/C=C\C/C=C\C/C=C\CCCCCCCCCCCCCC(=O)OC(COC(=O)CCCCCCC/C=C\CCCCCC)COP(=O)(O)OCC[N+](C)(C)C. The Hall–Kier alpha value is -3.07. The largest absolute Gasteiger partial charge is 0.472 e.